The molecule has 2 saturated heterocycles. The van der Waals surface area contributed by atoms with Crippen LogP contribution in [0.2, 0.25) is 0 Å². The number of fused-ring (bicyclic) bond motifs is 1. The lowest BCUT2D eigenvalue weighted by atomic mass is 10.1. The fourth-order valence-electron chi connectivity index (χ4n) is 4.10. The molecule has 3 heterocycles. The van der Waals surface area contributed by atoms with Crippen LogP contribution in [0.3, 0.4) is 0 Å². The van der Waals surface area contributed by atoms with Gasteiger partial charge in [0.15, 0.2) is 0 Å². The minimum atomic E-state index is 0.518. The van der Waals surface area contributed by atoms with Crippen molar-refractivity contribution in [1.29, 1.82) is 0 Å². The third-order valence-corrected chi connectivity index (χ3v) is 5.51. The normalized spacial score (nSPS) is 24.2. The zero-order valence-electron chi connectivity index (χ0n) is 15.0. The monoisotopic (exact) mass is 337 g/mol. The largest absolute Gasteiger partial charge is 0.487 e. The smallest absolute Gasteiger partial charge is 0.130 e. The summed E-state index contributed by atoms with van der Waals surface area (Å²) in [4.78, 5) is 9.64. The lowest BCUT2D eigenvalue weighted by molar-refractivity contribution is 0.0533. The van der Waals surface area contributed by atoms with Gasteiger partial charge in [0.2, 0.25) is 0 Å². The van der Waals surface area contributed by atoms with E-state index in [0.717, 1.165) is 24.0 Å². The first-order valence-electron chi connectivity index (χ1n) is 9.38. The van der Waals surface area contributed by atoms with Gasteiger partial charge in [-0.2, -0.15) is 0 Å². The van der Waals surface area contributed by atoms with Crippen LogP contribution in [0.1, 0.15) is 31.0 Å². The van der Waals surface area contributed by atoms with Crippen molar-refractivity contribution >= 4 is 0 Å². The quantitative estimate of drug-likeness (QED) is 0.837. The standard InChI is InChI=1S/C21H27N3O/c1-17-13-23-12-6-9-20(23)15-24(17)14-18-7-2-3-10-21(18)25-16-19-8-4-5-11-22-19/h2-5,7-8,10-11,17,20H,6,9,12-16H2,1H3/t17-,20-/m0/s1. The average Bonchev–Trinajstić information content (AvgIpc) is 3.09. The second-order valence-corrected chi connectivity index (χ2v) is 7.29. The van der Waals surface area contributed by atoms with E-state index < -0.39 is 0 Å². The summed E-state index contributed by atoms with van der Waals surface area (Å²) in [7, 11) is 0. The molecule has 0 bridgehead atoms. The molecule has 2 aliphatic rings. The summed E-state index contributed by atoms with van der Waals surface area (Å²) in [5.74, 6) is 0.981. The minimum absolute atomic E-state index is 0.518. The molecule has 0 radical (unpaired) electrons. The molecule has 0 unspecified atom stereocenters. The van der Waals surface area contributed by atoms with Crippen LogP contribution in [0.5, 0.6) is 5.75 Å². The van der Waals surface area contributed by atoms with E-state index in [4.69, 9.17) is 4.74 Å². The number of ether oxygens (including phenoxy) is 1. The van der Waals surface area contributed by atoms with E-state index in [9.17, 15) is 0 Å². The van der Waals surface area contributed by atoms with Crippen LogP contribution in [0.4, 0.5) is 0 Å². The van der Waals surface area contributed by atoms with Crippen molar-refractivity contribution < 1.29 is 4.74 Å². The van der Waals surface area contributed by atoms with Gasteiger partial charge < -0.3 is 4.74 Å². The van der Waals surface area contributed by atoms with Gasteiger partial charge in [-0.05, 0) is 44.5 Å². The van der Waals surface area contributed by atoms with Crippen LogP contribution in [-0.2, 0) is 13.2 Å². The van der Waals surface area contributed by atoms with Gasteiger partial charge in [0.1, 0.15) is 12.4 Å². The fraction of sp³-hybridized carbons (Fsp3) is 0.476. The summed E-state index contributed by atoms with van der Waals surface area (Å²) in [6, 6.07) is 15.7. The van der Waals surface area contributed by atoms with Crippen LogP contribution in [0, 0.1) is 0 Å². The van der Waals surface area contributed by atoms with Crippen molar-refractivity contribution in [2.45, 2.75) is 45.0 Å². The molecule has 1 aromatic carbocycles. The molecule has 4 heteroatoms. The highest BCUT2D eigenvalue weighted by Gasteiger charge is 2.34. The number of pyridine rings is 1. The first-order chi connectivity index (χ1) is 12.3. The summed E-state index contributed by atoms with van der Waals surface area (Å²) in [5, 5.41) is 0. The molecule has 0 spiro atoms. The number of hydrogen-bond acceptors (Lipinski definition) is 4. The van der Waals surface area contributed by atoms with Gasteiger partial charge in [0.25, 0.3) is 0 Å². The first kappa shape index (κ1) is 16.6. The van der Waals surface area contributed by atoms with E-state index in [0.29, 0.717) is 12.6 Å². The van der Waals surface area contributed by atoms with Crippen molar-refractivity contribution in [1.82, 2.24) is 14.8 Å². The Balaban J connectivity index is 1.43. The predicted molar refractivity (Wildman–Crippen MR) is 99.5 cm³/mol. The van der Waals surface area contributed by atoms with E-state index in [1.807, 2.05) is 24.4 Å². The Morgan fingerprint density at radius 3 is 2.88 bits per heavy atom. The number of rotatable bonds is 5. The average molecular weight is 337 g/mol. The molecule has 0 amide bonds. The fourth-order valence-corrected chi connectivity index (χ4v) is 4.10. The van der Waals surface area contributed by atoms with Gasteiger partial charge in [-0.25, -0.2) is 0 Å². The Hall–Kier alpha value is -1.91. The number of para-hydroxylation sites is 1. The van der Waals surface area contributed by atoms with E-state index in [1.54, 1.807) is 0 Å². The number of benzene rings is 1. The Morgan fingerprint density at radius 2 is 2.00 bits per heavy atom. The summed E-state index contributed by atoms with van der Waals surface area (Å²) >= 11 is 0. The molecule has 2 aromatic rings. The maximum absolute atomic E-state index is 6.09. The molecule has 25 heavy (non-hydrogen) atoms. The number of piperazine rings is 1. The molecule has 1 aromatic heterocycles. The maximum Gasteiger partial charge on any atom is 0.130 e. The molecule has 2 aliphatic heterocycles. The van der Waals surface area contributed by atoms with Crippen LogP contribution in [-0.4, -0.2) is 46.5 Å². The highest BCUT2D eigenvalue weighted by molar-refractivity contribution is 5.33. The molecule has 4 nitrogen and oxygen atoms in total. The Labute approximate surface area is 150 Å². The number of hydrogen-bond donors (Lipinski definition) is 0. The van der Waals surface area contributed by atoms with E-state index in [1.165, 1.54) is 38.0 Å². The van der Waals surface area contributed by atoms with E-state index in [2.05, 4.69) is 46.0 Å². The number of aromatic nitrogens is 1. The van der Waals surface area contributed by atoms with Crippen LogP contribution in [0.15, 0.2) is 48.7 Å². The molecule has 132 valence electrons. The third-order valence-electron chi connectivity index (χ3n) is 5.51. The molecule has 2 fully saturated rings. The van der Waals surface area contributed by atoms with Gasteiger partial charge in [-0.3, -0.25) is 14.8 Å². The van der Waals surface area contributed by atoms with E-state index >= 15 is 0 Å². The van der Waals surface area contributed by atoms with Gasteiger partial charge in [-0.15, -0.1) is 0 Å². The highest BCUT2D eigenvalue weighted by Crippen LogP contribution is 2.28. The Bertz CT molecular complexity index is 691. The molecular formula is C21H27N3O. The topological polar surface area (TPSA) is 28.6 Å². The van der Waals surface area contributed by atoms with Gasteiger partial charge >= 0.3 is 0 Å². The Kier molecular flexibility index (Phi) is 4.99. The molecule has 0 N–H and O–H groups in total. The molecule has 4 rings (SSSR count). The highest BCUT2D eigenvalue weighted by atomic mass is 16.5. The maximum atomic E-state index is 6.09. The molecule has 2 atom stereocenters. The van der Waals surface area contributed by atoms with E-state index in [-0.39, 0.29) is 0 Å². The zero-order chi connectivity index (χ0) is 17.1. The molecule has 0 aliphatic carbocycles. The van der Waals surface area contributed by atoms with Crippen molar-refractivity contribution in [3.8, 4) is 5.75 Å². The minimum Gasteiger partial charge on any atom is -0.487 e. The number of nitrogens with zero attached hydrogens (tertiary/aromatic N) is 3. The van der Waals surface area contributed by atoms with Crippen LogP contribution in [0.25, 0.3) is 0 Å². The lowest BCUT2D eigenvalue weighted by Crippen LogP contribution is -2.54. The Morgan fingerprint density at radius 1 is 1.12 bits per heavy atom. The summed E-state index contributed by atoms with van der Waals surface area (Å²) in [5.41, 5.74) is 2.24. The first-order valence-corrected chi connectivity index (χ1v) is 9.38. The van der Waals surface area contributed by atoms with Gasteiger partial charge in [0, 0.05) is 43.5 Å². The van der Waals surface area contributed by atoms with Crippen molar-refractivity contribution in [3.05, 3.63) is 59.9 Å². The molecule has 0 saturated carbocycles. The summed E-state index contributed by atoms with van der Waals surface area (Å²) < 4.78 is 6.09. The molecular weight excluding hydrogens is 310 g/mol. The van der Waals surface area contributed by atoms with Gasteiger partial charge in [0.05, 0.1) is 5.69 Å². The van der Waals surface area contributed by atoms with Crippen LogP contribution < -0.4 is 4.74 Å². The SMILES string of the molecule is C[C@H]1CN2CCC[C@H]2CN1Cc1ccccc1OCc1ccccn1. The second-order valence-electron chi connectivity index (χ2n) is 7.29. The van der Waals surface area contributed by atoms with Crippen molar-refractivity contribution in [2.75, 3.05) is 19.6 Å². The summed E-state index contributed by atoms with van der Waals surface area (Å²) in [6.45, 7) is 7.49. The second kappa shape index (κ2) is 7.54. The van der Waals surface area contributed by atoms with Gasteiger partial charge in [-0.1, -0.05) is 24.3 Å². The van der Waals surface area contributed by atoms with Crippen molar-refractivity contribution in [2.24, 2.45) is 0 Å². The predicted octanol–water partition coefficient (Wildman–Crippen LogP) is 3.33. The van der Waals surface area contributed by atoms with Crippen LogP contribution >= 0.6 is 0 Å². The lowest BCUT2D eigenvalue weighted by Gasteiger charge is -2.42. The third kappa shape index (κ3) is 3.86. The van der Waals surface area contributed by atoms with Crippen molar-refractivity contribution in [3.63, 3.8) is 0 Å². The summed E-state index contributed by atoms with van der Waals surface area (Å²) in [6.07, 6.45) is 4.52. The zero-order valence-corrected chi connectivity index (χ0v) is 15.0.